The molecule has 0 unspecified atom stereocenters. The predicted octanol–water partition coefficient (Wildman–Crippen LogP) is -1.06. The van der Waals surface area contributed by atoms with E-state index in [1.54, 1.807) is 6.92 Å². The molecule has 0 aliphatic heterocycles. The topological polar surface area (TPSA) is 87.7 Å². The van der Waals surface area contributed by atoms with Crippen molar-refractivity contribution in [2.75, 3.05) is 27.7 Å². The largest absolute Gasteiger partial charge is 0.453 e. The highest BCUT2D eigenvalue weighted by Crippen LogP contribution is 1.89. The maximum absolute atomic E-state index is 11.4. The summed E-state index contributed by atoms with van der Waals surface area (Å²) in [5.74, 6) is -0.724. The fourth-order valence-corrected chi connectivity index (χ4v) is 1.00. The standard InChI is InChI=1S/C9H17N3O4/c1-6(8(14)10-2)11-7(13)5-12(3)9(15)16-4/h6H,5H2,1-4H3,(H,10,14)(H,11,13)/t6-/m1/s1. The molecule has 1 atom stereocenters. The number of carbonyl (C=O) groups is 3. The van der Waals surface area contributed by atoms with Crippen molar-refractivity contribution in [2.45, 2.75) is 13.0 Å². The summed E-state index contributed by atoms with van der Waals surface area (Å²) in [5.41, 5.74) is 0. The Kier molecular flexibility index (Phi) is 5.91. The molecule has 16 heavy (non-hydrogen) atoms. The number of hydrogen-bond donors (Lipinski definition) is 2. The van der Waals surface area contributed by atoms with Gasteiger partial charge in [0, 0.05) is 14.1 Å². The Morgan fingerprint density at radius 2 is 1.94 bits per heavy atom. The van der Waals surface area contributed by atoms with Gasteiger partial charge < -0.3 is 20.3 Å². The van der Waals surface area contributed by atoms with Crippen molar-refractivity contribution >= 4 is 17.9 Å². The van der Waals surface area contributed by atoms with Crippen LogP contribution in [0.15, 0.2) is 0 Å². The van der Waals surface area contributed by atoms with Gasteiger partial charge in [0.2, 0.25) is 11.8 Å². The van der Waals surface area contributed by atoms with Crippen molar-refractivity contribution in [1.29, 1.82) is 0 Å². The molecule has 2 N–H and O–H groups in total. The first kappa shape index (κ1) is 14.2. The van der Waals surface area contributed by atoms with Gasteiger partial charge in [-0.25, -0.2) is 4.79 Å². The molecule has 0 aromatic carbocycles. The Balaban J connectivity index is 4.08. The minimum Gasteiger partial charge on any atom is -0.453 e. The molecule has 0 saturated carbocycles. The Morgan fingerprint density at radius 1 is 1.38 bits per heavy atom. The number of rotatable bonds is 4. The second-order valence-corrected chi connectivity index (χ2v) is 3.23. The SMILES string of the molecule is CNC(=O)[C@@H](C)NC(=O)CN(C)C(=O)OC. The quantitative estimate of drug-likeness (QED) is 0.645. The van der Waals surface area contributed by atoms with E-state index in [9.17, 15) is 14.4 Å². The van der Waals surface area contributed by atoms with Crippen molar-refractivity contribution in [1.82, 2.24) is 15.5 Å². The summed E-state index contributed by atoms with van der Waals surface area (Å²) < 4.78 is 4.41. The molecule has 0 fully saturated rings. The molecular formula is C9H17N3O4. The number of nitrogens with one attached hydrogen (secondary N) is 2. The molecule has 0 saturated heterocycles. The number of methoxy groups -OCH3 is 1. The molecule has 7 nitrogen and oxygen atoms in total. The number of hydrogen-bond acceptors (Lipinski definition) is 4. The molecule has 92 valence electrons. The molecule has 0 spiro atoms. The van der Waals surface area contributed by atoms with E-state index in [0.717, 1.165) is 4.90 Å². The first-order valence-corrected chi connectivity index (χ1v) is 4.72. The monoisotopic (exact) mass is 231 g/mol. The molecule has 0 radical (unpaired) electrons. The zero-order valence-electron chi connectivity index (χ0n) is 9.86. The highest BCUT2D eigenvalue weighted by Gasteiger charge is 2.17. The maximum atomic E-state index is 11.4. The van der Waals surface area contributed by atoms with Crippen LogP contribution in [0.5, 0.6) is 0 Å². The number of amides is 3. The van der Waals surface area contributed by atoms with E-state index in [-0.39, 0.29) is 12.5 Å². The first-order chi connectivity index (χ1) is 7.42. The van der Waals surface area contributed by atoms with E-state index >= 15 is 0 Å². The molecule has 3 amide bonds. The third-order valence-electron chi connectivity index (χ3n) is 1.88. The minimum absolute atomic E-state index is 0.159. The fourth-order valence-electron chi connectivity index (χ4n) is 1.00. The van der Waals surface area contributed by atoms with Gasteiger partial charge in [-0.05, 0) is 6.92 Å². The van der Waals surface area contributed by atoms with Crippen molar-refractivity contribution < 1.29 is 19.1 Å². The smallest absolute Gasteiger partial charge is 0.409 e. The third kappa shape index (κ3) is 4.63. The molecule has 0 heterocycles. The van der Waals surface area contributed by atoms with Crippen LogP contribution in [0.3, 0.4) is 0 Å². The lowest BCUT2D eigenvalue weighted by atomic mass is 10.3. The summed E-state index contributed by atoms with van der Waals surface area (Å²) in [4.78, 5) is 34.5. The van der Waals surface area contributed by atoms with Crippen molar-refractivity contribution in [2.24, 2.45) is 0 Å². The zero-order valence-corrected chi connectivity index (χ0v) is 9.86. The van der Waals surface area contributed by atoms with E-state index in [2.05, 4.69) is 15.4 Å². The Bertz CT molecular complexity index is 254. The van der Waals surface area contributed by atoms with Gasteiger partial charge in [-0.2, -0.15) is 0 Å². The summed E-state index contributed by atoms with van der Waals surface area (Å²) in [6.45, 7) is 1.39. The maximum Gasteiger partial charge on any atom is 0.409 e. The molecule has 0 bridgehead atoms. The summed E-state index contributed by atoms with van der Waals surface area (Å²) in [5, 5.41) is 4.84. The fraction of sp³-hybridized carbons (Fsp3) is 0.667. The molecule has 0 rings (SSSR count). The third-order valence-corrected chi connectivity index (χ3v) is 1.88. The molecule has 0 aliphatic rings. The average Bonchev–Trinajstić information content (AvgIpc) is 2.26. The second-order valence-electron chi connectivity index (χ2n) is 3.23. The molecular weight excluding hydrogens is 214 g/mol. The van der Waals surface area contributed by atoms with E-state index in [4.69, 9.17) is 0 Å². The molecule has 0 aromatic heterocycles. The first-order valence-electron chi connectivity index (χ1n) is 4.72. The number of nitrogens with zero attached hydrogens (tertiary/aromatic N) is 1. The van der Waals surface area contributed by atoms with E-state index < -0.39 is 18.0 Å². The number of ether oxygens (including phenoxy) is 1. The van der Waals surface area contributed by atoms with Crippen molar-refractivity contribution in [3.05, 3.63) is 0 Å². The van der Waals surface area contributed by atoms with Gasteiger partial charge in [0.15, 0.2) is 0 Å². The number of likely N-dealkylation sites (N-methyl/N-ethyl adjacent to an activating group) is 2. The van der Waals surface area contributed by atoms with Crippen LogP contribution in [0.25, 0.3) is 0 Å². The second kappa shape index (κ2) is 6.65. The Morgan fingerprint density at radius 3 is 2.38 bits per heavy atom. The molecule has 0 aromatic rings. The van der Waals surface area contributed by atoms with Crippen LogP contribution < -0.4 is 10.6 Å². The zero-order chi connectivity index (χ0) is 12.7. The van der Waals surface area contributed by atoms with Crippen LogP contribution in [0.4, 0.5) is 4.79 Å². The predicted molar refractivity (Wildman–Crippen MR) is 56.7 cm³/mol. The van der Waals surface area contributed by atoms with Gasteiger partial charge in [0.1, 0.15) is 12.6 Å². The van der Waals surface area contributed by atoms with Gasteiger partial charge in [0.05, 0.1) is 7.11 Å². The highest BCUT2D eigenvalue weighted by molar-refractivity contribution is 5.88. The van der Waals surface area contributed by atoms with Crippen molar-refractivity contribution in [3.8, 4) is 0 Å². The number of carbonyl (C=O) groups excluding carboxylic acids is 3. The lowest BCUT2D eigenvalue weighted by molar-refractivity contribution is -0.128. The van der Waals surface area contributed by atoms with Gasteiger partial charge in [-0.15, -0.1) is 0 Å². The van der Waals surface area contributed by atoms with Crippen molar-refractivity contribution in [3.63, 3.8) is 0 Å². The summed E-state index contributed by atoms with van der Waals surface area (Å²) in [7, 11) is 4.13. The van der Waals surface area contributed by atoms with Crippen LogP contribution in [-0.4, -0.2) is 56.6 Å². The minimum atomic E-state index is -0.636. The molecule has 7 heteroatoms. The normalized spacial score (nSPS) is 11.2. The van der Waals surface area contributed by atoms with E-state index in [0.29, 0.717) is 0 Å². The van der Waals surface area contributed by atoms with E-state index in [1.807, 2.05) is 0 Å². The lowest BCUT2D eigenvalue weighted by Crippen LogP contribution is -2.47. The highest BCUT2D eigenvalue weighted by atomic mass is 16.5. The van der Waals surface area contributed by atoms with Crippen LogP contribution in [0.1, 0.15) is 6.92 Å². The van der Waals surface area contributed by atoms with Gasteiger partial charge in [-0.3, -0.25) is 9.59 Å². The summed E-state index contributed by atoms with van der Waals surface area (Å²) >= 11 is 0. The lowest BCUT2D eigenvalue weighted by Gasteiger charge is -2.17. The Hall–Kier alpha value is -1.79. The van der Waals surface area contributed by atoms with Gasteiger partial charge in [-0.1, -0.05) is 0 Å². The van der Waals surface area contributed by atoms with Crippen LogP contribution in [-0.2, 0) is 14.3 Å². The van der Waals surface area contributed by atoms with Gasteiger partial charge >= 0.3 is 6.09 Å². The average molecular weight is 231 g/mol. The van der Waals surface area contributed by atoms with Gasteiger partial charge in [0.25, 0.3) is 0 Å². The van der Waals surface area contributed by atoms with Crippen LogP contribution >= 0.6 is 0 Å². The van der Waals surface area contributed by atoms with Crippen LogP contribution in [0.2, 0.25) is 0 Å². The summed E-state index contributed by atoms with van der Waals surface area (Å²) in [6.07, 6.45) is -0.609. The van der Waals surface area contributed by atoms with Crippen LogP contribution in [0, 0.1) is 0 Å². The Labute approximate surface area is 94.1 Å². The summed E-state index contributed by atoms with van der Waals surface area (Å²) in [6, 6.07) is -0.636. The molecule has 0 aliphatic carbocycles. The van der Waals surface area contributed by atoms with E-state index in [1.165, 1.54) is 21.2 Å².